The Morgan fingerprint density at radius 2 is 1.89 bits per heavy atom. The van der Waals surface area contributed by atoms with Crippen molar-refractivity contribution >= 4 is 39.9 Å². The van der Waals surface area contributed by atoms with Crippen molar-refractivity contribution in [2.45, 2.75) is 0 Å². The van der Waals surface area contributed by atoms with Crippen LogP contribution in [0.25, 0.3) is 33.5 Å². The van der Waals surface area contributed by atoms with Crippen LogP contribution >= 0.6 is 23.2 Å². The number of rotatable bonds is 4. The highest BCUT2D eigenvalue weighted by molar-refractivity contribution is 6.35. The molecule has 4 rings (SSSR count). The van der Waals surface area contributed by atoms with Crippen molar-refractivity contribution in [2.24, 2.45) is 0 Å². The number of fused-ring (bicyclic) bond motifs is 1. The van der Waals surface area contributed by atoms with E-state index in [2.05, 4.69) is 25.3 Å². The van der Waals surface area contributed by atoms with Crippen LogP contribution in [-0.2, 0) is 0 Å². The van der Waals surface area contributed by atoms with Gasteiger partial charge in [-0.25, -0.2) is 15.0 Å². The van der Waals surface area contributed by atoms with Crippen LogP contribution in [0.4, 0.5) is 5.82 Å². The topological polar surface area (TPSA) is 72.8 Å². The fraction of sp³-hybridized carbons (Fsp3) is 0.100. The van der Waals surface area contributed by atoms with Gasteiger partial charge in [0.05, 0.1) is 13.3 Å². The van der Waals surface area contributed by atoms with E-state index in [0.29, 0.717) is 38.6 Å². The van der Waals surface area contributed by atoms with Crippen LogP contribution in [0.1, 0.15) is 0 Å². The van der Waals surface area contributed by atoms with Gasteiger partial charge in [0.25, 0.3) is 0 Å². The van der Waals surface area contributed by atoms with Gasteiger partial charge in [-0.2, -0.15) is 0 Å². The summed E-state index contributed by atoms with van der Waals surface area (Å²) in [4.78, 5) is 17.6. The molecule has 4 aromatic rings. The molecule has 0 saturated carbocycles. The van der Waals surface area contributed by atoms with E-state index in [9.17, 15) is 0 Å². The van der Waals surface area contributed by atoms with Crippen LogP contribution in [0.3, 0.4) is 0 Å². The highest BCUT2D eigenvalue weighted by Crippen LogP contribution is 2.38. The lowest BCUT2D eigenvalue weighted by molar-refractivity contribution is 0.419. The summed E-state index contributed by atoms with van der Waals surface area (Å²) in [7, 11) is 3.40. The number of anilines is 1. The molecule has 28 heavy (non-hydrogen) atoms. The Morgan fingerprint density at radius 3 is 2.61 bits per heavy atom. The molecule has 140 valence electrons. The third kappa shape index (κ3) is 3.32. The zero-order chi connectivity index (χ0) is 19.7. The number of nitrogens with zero attached hydrogens (tertiary/aromatic N) is 4. The van der Waals surface area contributed by atoms with Crippen molar-refractivity contribution in [1.82, 2.24) is 19.9 Å². The second kappa shape index (κ2) is 7.58. The van der Waals surface area contributed by atoms with Crippen LogP contribution in [0.15, 0.2) is 48.9 Å². The zero-order valence-corrected chi connectivity index (χ0v) is 16.6. The van der Waals surface area contributed by atoms with Gasteiger partial charge in [0.15, 0.2) is 5.82 Å². The zero-order valence-electron chi connectivity index (χ0n) is 15.1. The first-order valence-corrected chi connectivity index (χ1v) is 9.15. The van der Waals surface area contributed by atoms with E-state index >= 15 is 0 Å². The molecule has 0 spiro atoms. The molecule has 1 N–H and O–H groups in total. The van der Waals surface area contributed by atoms with Gasteiger partial charge in [0, 0.05) is 40.4 Å². The maximum atomic E-state index is 6.39. The fourth-order valence-electron chi connectivity index (χ4n) is 2.95. The number of methoxy groups -OCH3 is 1. The predicted molar refractivity (Wildman–Crippen MR) is 112 cm³/mol. The summed E-state index contributed by atoms with van der Waals surface area (Å²) in [5.41, 5.74) is 2.88. The lowest BCUT2D eigenvalue weighted by Gasteiger charge is -2.14. The molecule has 0 atom stereocenters. The Hall–Kier alpha value is -2.96. The van der Waals surface area contributed by atoms with Gasteiger partial charge in [-0.05, 0) is 35.9 Å². The van der Waals surface area contributed by atoms with Gasteiger partial charge in [0.2, 0.25) is 0 Å². The Bertz CT molecular complexity index is 1170. The third-order valence-electron chi connectivity index (χ3n) is 4.25. The second-order valence-corrected chi connectivity index (χ2v) is 6.78. The predicted octanol–water partition coefficient (Wildman–Crippen LogP) is 5.11. The molecule has 0 aliphatic rings. The second-order valence-electron chi connectivity index (χ2n) is 5.94. The Labute approximate surface area is 171 Å². The van der Waals surface area contributed by atoms with Crippen molar-refractivity contribution in [2.75, 3.05) is 19.5 Å². The van der Waals surface area contributed by atoms with Gasteiger partial charge in [0.1, 0.15) is 22.8 Å². The fourth-order valence-corrected chi connectivity index (χ4v) is 3.35. The first kappa shape index (κ1) is 18.4. The van der Waals surface area contributed by atoms with Gasteiger partial charge in [-0.1, -0.05) is 23.2 Å². The number of hydrogen-bond donors (Lipinski definition) is 1. The molecule has 0 bridgehead atoms. The number of ether oxygens (including phenoxy) is 1. The highest BCUT2D eigenvalue weighted by Gasteiger charge is 2.16. The molecule has 0 unspecified atom stereocenters. The Morgan fingerprint density at radius 1 is 1.04 bits per heavy atom. The molecule has 0 saturated heterocycles. The molecule has 6 nitrogen and oxygen atoms in total. The highest BCUT2D eigenvalue weighted by atomic mass is 35.5. The van der Waals surface area contributed by atoms with Crippen molar-refractivity contribution < 1.29 is 4.74 Å². The SMILES string of the molecule is CNc1nc(-c2cnccn2)nc2c(OC)cc(-c3cc(Cl)ccc3Cl)cc12. The van der Waals surface area contributed by atoms with Crippen molar-refractivity contribution in [1.29, 1.82) is 0 Å². The largest absolute Gasteiger partial charge is 0.494 e. The van der Waals surface area contributed by atoms with Gasteiger partial charge >= 0.3 is 0 Å². The molecular weight excluding hydrogens is 397 g/mol. The van der Waals surface area contributed by atoms with E-state index in [1.807, 2.05) is 18.2 Å². The summed E-state index contributed by atoms with van der Waals surface area (Å²) < 4.78 is 5.62. The molecule has 0 aliphatic heterocycles. The molecule has 8 heteroatoms. The molecule has 0 fully saturated rings. The van der Waals surface area contributed by atoms with E-state index in [4.69, 9.17) is 27.9 Å². The van der Waals surface area contributed by atoms with Crippen molar-refractivity contribution in [3.63, 3.8) is 0 Å². The number of benzene rings is 2. The molecule has 2 heterocycles. The molecular formula is C20H15Cl2N5O. The Kier molecular flexibility index (Phi) is 4.98. The minimum absolute atomic E-state index is 0.455. The summed E-state index contributed by atoms with van der Waals surface area (Å²) in [6, 6.07) is 9.18. The maximum absolute atomic E-state index is 6.39. The molecule has 0 amide bonds. The summed E-state index contributed by atoms with van der Waals surface area (Å²) in [6.07, 6.45) is 4.82. The minimum atomic E-state index is 0.455. The summed E-state index contributed by atoms with van der Waals surface area (Å²) >= 11 is 12.6. The maximum Gasteiger partial charge on any atom is 0.182 e. The van der Waals surface area contributed by atoms with E-state index in [0.717, 1.165) is 16.5 Å². The van der Waals surface area contributed by atoms with E-state index in [-0.39, 0.29) is 0 Å². The van der Waals surface area contributed by atoms with Crippen molar-refractivity contribution in [3.8, 4) is 28.4 Å². The summed E-state index contributed by atoms with van der Waals surface area (Å²) in [5.74, 6) is 1.69. The van der Waals surface area contributed by atoms with Gasteiger partial charge in [-0.15, -0.1) is 0 Å². The van der Waals surface area contributed by atoms with E-state index in [1.54, 1.807) is 44.9 Å². The average molecular weight is 412 g/mol. The molecule has 0 radical (unpaired) electrons. The van der Waals surface area contributed by atoms with Crippen LogP contribution in [0, 0.1) is 0 Å². The summed E-state index contributed by atoms with van der Waals surface area (Å²) in [5, 5.41) is 5.10. The summed E-state index contributed by atoms with van der Waals surface area (Å²) in [6.45, 7) is 0. The lowest BCUT2D eigenvalue weighted by atomic mass is 10.0. The van der Waals surface area contributed by atoms with E-state index < -0.39 is 0 Å². The normalized spacial score (nSPS) is 10.9. The molecule has 2 aromatic carbocycles. The van der Waals surface area contributed by atoms with Crippen LogP contribution in [0.5, 0.6) is 5.75 Å². The van der Waals surface area contributed by atoms with Gasteiger partial charge in [-0.3, -0.25) is 4.98 Å². The number of nitrogens with one attached hydrogen (secondary N) is 1. The average Bonchev–Trinajstić information content (AvgIpc) is 2.74. The van der Waals surface area contributed by atoms with Crippen molar-refractivity contribution in [3.05, 3.63) is 59.0 Å². The first-order valence-electron chi connectivity index (χ1n) is 8.40. The monoisotopic (exact) mass is 411 g/mol. The molecule has 2 aromatic heterocycles. The number of hydrogen-bond acceptors (Lipinski definition) is 6. The van der Waals surface area contributed by atoms with Crippen LogP contribution in [-0.4, -0.2) is 34.1 Å². The number of aromatic nitrogens is 4. The lowest BCUT2D eigenvalue weighted by Crippen LogP contribution is -2.01. The van der Waals surface area contributed by atoms with Gasteiger partial charge < -0.3 is 10.1 Å². The quantitative estimate of drug-likeness (QED) is 0.502. The van der Waals surface area contributed by atoms with E-state index in [1.165, 1.54) is 0 Å². The Balaban J connectivity index is 1.99. The number of halogens is 2. The smallest absolute Gasteiger partial charge is 0.182 e. The van der Waals surface area contributed by atoms with Crippen LogP contribution < -0.4 is 10.1 Å². The molecule has 0 aliphatic carbocycles. The standard InChI is InChI=1S/C20H15Cl2N5O/c1-23-19-14-7-11(13-9-12(21)3-4-15(13)22)8-17(28-2)18(14)26-20(27-19)16-10-24-5-6-25-16/h3-10H,1-2H3,(H,23,26,27). The third-order valence-corrected chi connectivity index (χ3v) is 4.82. The minimum Gasteiger partial charge on any atom is -0.494 e. The van der Waals surface area contributed by atoms with Crippen LogP contribution in [0.2, 0.25) is 10.0 Å². The first-order chi connectivity index (χ1) is 13.6.